The third-order valence-corrected chi connectivity index (χ3v) is 5.66. The van der Waals surface area contributed by atoms with Crippen molar-refractivity contribution in [3.05, 3.63) is 46.2 Å². The van der Waals surface area contributed by atoms with Gasteiger partial charge in [0.15, 0.2) is 0 Å². The van der Waals surface area contributed by atoms with Gasteiger partial charge in [0.05, 0.1) is 25.5 Å². The van der Waals surface area contributed by atoms with E-state index < -0.39 is 5.91 Å². The van der Waals surface area contributed by atoms with E-state index >= 15 is 0 Å². The van der Waals surface area contributed by atoms with Gasteiger partial charge in [0.1, 0.15) is 29.0 Å². The van der Waals surface area contributed by atoms with Crippen LogP contribution in [0.1, 0.15) is 54.3 Å². The summed E-state index contributed by atoms with van der Waals surface area (Å²) in [5.41, 5.74) is 0.559. The fourth-order valence-electron chi connectivity index (χ4n) is 4.10. The van der Waals surface area contributed by atoms with Crippen LogP contribution < -0.4 is 20.3 Å². The first-order valence-electron chi connectivity index (χ1n) is 10.1. The van der Waals surface area contributed by atoms with Gasteiger partial charge in [0.2, 0.25) is 5.71 Å². The monoisotopic (exact) mass is 411 g/mol. The Kier molecular flexibility index (Phi) is 5.48. The number of amides is 1. The van der Waals surface area contributed by atoms with Crippen molar-refractivity contribution < 1.29 is 18.7 Å². The maximum atomic E-state index is 13.3. The van der Waals surface area contributed by atoms with E-state index in [4.69, 9.17) is 13.9 Å². The summed E-state index contributed by atoms with van der Waals surface area (Å²) in [4.78, 5) is 30.8. The summed E-state index contributed by atoms with van der Waals surface area (Å²) in [5, 5.41) is 3.03. The summed E-state index contributed by atoms with van der Waals surface area (Å²) in [6.07, 6.45) is 6.77. The SMILES string of the molecule is COc1ccc(OC)c(NC(=O)c2c(C)oc3ncn(C4CCCCC4)c(=O)c23)c1. The fourth-order valence-corrected chi connectivity index (χ4v) is 4.10. The van der Waals surface area contributed by atoms with Crippen molar-refractivity contribution in [2.45, 2.75) is 45.1 Å². The maximum absolute atomic E-state index is 13.3. The average molecular weight is 411 g/mol. The third kappa shape index (κ3) is 3.53. The van der Waals surface area contributed by atoms with Gasteiger partial charge in [-0.3, -0.25) is 14.2 Å². The van der Waals surface area contributed by atoms with Gasteiger partial charge in [-0.2, -0.15) is 0 Å². The molecular weight excluding hydrogens is 386 g/mol. The van der Waals surface area contributed by atoms with Crippen LogP contribution in [-0.4, -0.2) is 29.7 Å². The zero-order valence-corrected chi connectivity index (χ0v) is 17.4. The predicted molar refractivity (Wildman–Crippen MR) is 113 cm³/mol. The largest absolute Gasteiger partial charge is 0.497 e. The maximum Gasteiger partial charge on any atom is 0.265 e. The summed E-state index contributed by atoms with van der Waals surface area (Å²) in [5.74, 6) is 0.932. The first kappa shape index (κ1) is 20.0. The average Bonchev–Trinajstić information content (AvgIpc) is 3.11. The van der Waals surface area contributed by atoms with Crippen LogP contribution in [-0.2, 0) is 0 Å². The van der Waals surface area contributed by atoms with Gasteiger partial charge < -0.3 is 19.2 Å². The smallest absolute Gasteiger partial charge is 0.265 e. The van der Waals surface area contributed by atoms with Crippen LogP contribution in [0.5, 0.6) is 11.5 Å². The number of hydrogen-bond donors (Lipinski definition) is 1. The number of anilines is 1. The van der Waals surface area contributed by atoms with Crippen LogP contribution in [0.25, 0.3) is 11.1 Å². The highest BCUT2D eigenvalue weighted by atomic mass is 16.5. The van der Waals surface area contributed by atoms with E-state index in [1.165, 1.54) is 19.9 Å². The number of carbonyl (C=O) groups excluding carboxylic acids is 1. The van der Waals surface area contributed by atoms with Crippen LogP contribution >= 0.6 is 0 Å². The Bertz CT molecular complexity index is 1140. The van der Waals surface area contributed by atoms with Crippen LogP contribution in [0.4, 0.5) is 5.69 Å². The molecule has 1 fully saturated rings. The Hall–Kier alpha value is -3.29. The van der Waals surface area contributed by atoms with Crippen molar-refractivity contribution in [1.82, 2.24) is 9.55 Å². The lowest BCUT2D eigenvalue weighted by Gasteiger charge is -2.23. The molecule has 1 saturated carbocycles. The lowest BCUT2D eigenvalue weighted by atomic mass is 9.95. The Morgan fingerprint density at radius 1 is 1.20 bits per heavy atom. The molecule has 0 spiro atoms. The van der Waals surface area contributed by atoms with Crippen molar-refractivity contribution in [1.29, 1.82) is 0 Å². The number of rotatable bonds is 5. The number of methoxy groups -OCH3 is 2. The number of aryl methyl sites for hydroxylation is 1. The minimum absolute atomic E-state index is 0.104. The Morgan fingerprint density at radius 2 is 1.97 bits per heavy atom. The van der Waals surface area contributed by atoms with Crippen LogP contribution in [0.15, 0.2) is 33.7 Å². The number of hydrogen-bond acceptors (Lipinski definition) is 6. The van der Waals surface area contributed by atoms with Gasteiger partial charge in [-0.15, -0.1) is 0 Å². The number of nitrogens with zero attached hydrogens (tertiary/aromatic N) is 2. The summed E-state index contributed by atoms with van der Waals surface area (Å²) in [6.45, 7) is 1.66. The number of furan rings is 1. The molecule has 1 amide bonds. The number of carbonyl (C=O) groups is 1. The summed E-state index contributed by atoms with van der Waals surface area (Å²) in [7, 11) is 3.06. The first-order chi connectivity index (χ1) is 14.5. The molecule has 2 aromatic heterocycles. The van der Waals surface area contributed by atoms with Crippen LogP contribution in [0.2, 0.25) is 0 Å². The Balaban J connectivity index is 1.76. The first-order valence-corrected chi connectivity index (χ1v) is 10.1. The number of ether oxygens (including phenoxy) is 2. The zero-order valence-electron chi connectivity index (χ0n) is 17.4. The van der Waals surface area contributed by atoms with E-state index in [1.54, 1.807) is 36.8 Å². The molecule has 0 radical (unpaired) electrons. The fraction of sp³-hybridized carbons (Fsp3) is 0.409. The highest BCUT2D eigenvalue weighted by Gasteiger charge is 2.26. The molecule has 158 valence electrons. The van der Waals surface area contributed by atoms with Crippen LogP contribution in [0.3, 0.4) is 0 Å². The molecule has 0 atom stereocenters. The summed E-state index contributed by atoms with van der Waals surface area (Å²) < 4.78 is 17.9. The Labute approximate surface area is 173 Å². The molecule has 0 bridgehead atoms. The van der Waals surface area contributed by atoms with Gasteiger partial charge in [-0.1, -0.05) is 19.3 Å². The highest BCUT2D eigenvalue weighted by molar-refractivity contribution is 6.13. The Morgan fingerprint density at radius 3 is 2.67 bits per heavy atom. The van der Waals surface area contributed by atoms with Crippen molar-refractivity contribution in [3.8, 4) is 11.5 Å². The van der Waals surface area contributed by atoms with Gasteiger partial charge in [-0.25, -0.2) is 4.98 Å². The van der Waals surface area contributed by atoms with Gasteiger partial charge in [0, 0.05) is 12.1 Å². The van der Waals surface area contributed by atoms with Crippen molar-refractivity contribution in [3.63, 3.8) is 0 Å². The second kappa shape index (κ2) is 8.22. The van der Waals surface area contributed by atoms with E-state index in [1.807, 2.05) is 0 Å². The standard InChI is InChI=1S/C22H25N3O5/c1-13-18(20(26)24-16-11-15(28-2)9-10-17(16)29-3)19-21(30-13)23-12-25(22(19)27)14-7-5-4-6-8-14/h9-12,14H,4-8H2,1-3H3,(H,24,26). The normalized spacial score (nSPS) is 14.6. The molecule has 0 aliphatic heterocycles. The quantitative estimate of drug-likeness (QED) is 0.680. The van der Waals surface area contributed by atoms with Crippen LogP contribution in [0, 0.1) is 6.92 Å². The molecule has 1 aliphatic rings. The zero-order chi connectivity index (χ0) is 21.3. The predicted octanol–water partition coefficient (Wildman–Crippen LogP) is 4.07. The highest BCUT2D eigenvalue weighted by Crippen LogP contribution is 2.31. The lowest BCUT2D eigenvalue weighted by Crippen LogP contribution is -2.27. The molecule has 1 N–H and O–H groups in total. The van der Waals surface area contributed by atoms with Crippen molar-refractivity contribution in [2.24, 2.45) is 0 Å². The van der Waals surface area contributed by atoms with Crippen molar-refractivity contribution in [2.75, 3.05) is 19.5 Å². The second-order valence-electron chi connectivity index (χ2n) is 7.48. The van der Waals surface area contributed by atoms with Gasteiger partial charge in [0.25, 0.3) is 11.5 Å². The van der Waals surface area contributed by atoms with E-state index in [2.05, 4.69) is 10.3 Å². The van der Waals surface area contributed by atoms with E-state index in [-0.39, 0.29) is 28.3 Å². The molecule has 0 unspecified atom stereocenters. The molecule has 0 saturated heterocycles. The molecular formula is C22H25N3O5. The minimum Gasteiger partial charge on any atom is -0.497 e. The summed E-state index contributed by atoms with van der Waals surface area (Å²) >= 11 is 0. The van der Waals surface area contributed by atoms with Crippen molar-refractivity contribution >= 4 is 22.7 Å². The van der Waals surface area contributed by atoms with Gasteiger partial charge in [-0.05, 0) is 31.9 Å². The topological polar surface area (TPSA) is 95.6 Å². The molecule has 8 nitrogen and oxygen atoms in total. The van der Waals surface area contributed by atoms with E-state index in [9.17, 15) is 9.59 Å². The number of benzene rings is 1. The molecule has 1 aliphatic carbocycles. The molecule has 8 heteroatoms. The molecule has 1 aromatic carbocycles. The second-order valence-corrected chi connectivity index (χ2v) is 7.48. The van der Waals surface area contributed by atoms with E-state index in [0.717, 1.165) is 25.7 Å². The summed E-state index contributed by atoms with van der Waals surface area (Å²) in [6, 6.07) is 5.20. The molecule has 3 aromatic rings. The number of aromatic nitrogens is 2. The van der Waals surface area contributed by atoms with E-state index in [0.29, 0.717) is 22.9 Å². The number of nitrogens with one attached hydrogen (secondary N) is 1. The third-order valence-electron chi connectivity index (χ3n) is 5.66. The minimum atomic E-state index is -0.460. The molecule has 2 heterocycles. The molecule has 30 heavy (non-hydrogen) atoms. The molecule has 4 rings (SSSR count). The van der Waals surface area contributed by atoms with Gasteiger partial charge >= 0.3 is 0 Å². The number of fused-ring (bicyclic) bond motifs is 1. The lowest BCUT2D eigenvalue weighted by molar-refractivity contribution is 0.102.